The summed E-state index contributed by atoms with van der Waals surface area (Å²) in [6, 6.07) is 4.79. The summed E-state index contributed by atoms with van der Waals surface area (Å²) >= 11 is 0. The maximum atomic E-state index is 11.6. The van der Waals surface area contributed by atoms with Crippen LogP contribution in [0.4, 0.5) is 5.69 Å². The minimum absolute atomic E-state index is 0.0630. The van der Waals surface area contributed by atoms with Gasteiger partial charge in [-0.15, -0.1) is 0 Å². The van der Waals surface area contributed by atoms with Crippen molar-refractivity contribution in [2.75, 3.05) is 5.32 Å². The maximum absolute atomic E-state index is 11.6. The minimum Gasteiger partial charge on any atom is -0.506 e. The second kappa shape index (κ2) is 5.08. The molecule has 0 aromatic heterocycles. The van der Waals surface area contributed by atoms with Crippen molar-refractivity contribution in [3.05, 3.63) is 23.8 Å². The molecule has 0 fully saturated rings. The molecule has 0 saturated heterocycles. The molecule has 5 nitrogen and oxygen atoms in total. The van der Waals surface area contributed by atoms with E-state index in [4.69, 9.17) is 0 Å². The predicted octanol–water partition coefficient (Wildman–Crippen LogP) is 1.55. The van der Waals surface area contributed by atoms with E-state index < -0.39 is 17.4 Å². The Morgan fingerprint density at radius 1 is 1.17 bits per heavy atom. The fourth-order valence-corrected chi connectivity index (χ4v) is 1.32. The van der Waals surface area contributed by atoms with Crippen molar-refractivity contribution in [1.82, 2.24) is 5.32 Å². The molecule has 18 heavy (non-hydrogen) atoms. The van der Waals surface area contributed by atoms with E-state index in [-0.39, 0.29) is 11.4 Å². The highest BCUT2D eigenvalue weighted by molar-refractivity contribution is 6.39. The number of nitrogens with one attached hydrogen (secondary N) is 2. The Bertz CT molecular complexity index is 476. The number of phenols is 1. The number of benzene rings is 1. The zero-order chi connectivity index (χ0) is 13.9. The summed E-state index contributed by atoms with van der Waals surface area (Å²) < 4.78 is 0. The molecule has 1 aromatic rings. The summed E-state index contributed by atoms with van der Waals surface area (Å²) in [6.07, 6.45) is 0. The molecule has 0 aliphatic heterocycles. The molecule has 2 amide bonds. The zero-order valence-electron chi connectivity index (χ0n) is 11.0. The van der Waals surface area contributed by atoms with Crippen molar-refractivity contribution in [1.29, 1.82) is 0 Å². The topological polar surface area (TPSA) is 78.4 Å². The Labute approximate surface area is 106 Å². The van der Waals surface area contributed by atoms with Gasteiger partial charge in [0.05, 0.1) is 5.69 Å². The average molecular weight is 250 g/mol. The molecule has 0 atom stereocenters. The molecule has 0 bridgehead atoms. The number of amides is 2. The standard InChI is InChI=1S/C13H18N2O3/c1-8-5-6-9(10(16)7-8)14-11(17)12(18)15-13(2,3)4/h5-7,16H,1-4H3,(H,14,17)(H,15,18). The largest absolute Gasteiger partial charge is 0.506 e. The second-order valence-electron chi connectivity index (χ2n) is 5.18. The highest BCUT2D eigenvalue weighted by Crippen LogP contribution is 2.23. The third-order valence-corrected chi connectivity index (χ3v) is 2.10. The highest BCUT2D eigenvalue weighted by Gasteiger charge is 2.20. The molecule has 0 aliphatic rings. The van der Waals surface area contributed by atoms with Gasteiger partial charge < -0.3 is 15.7 Å². The van der Waals surface area contributed by atoms with Crippen molar-refractivity contribution in [3.63, 3.8) is 0 Å². The lowest BCUT2D eigenvalue weighted by Gasteiger charge is -2.20. The molecule has 0 unspecified atom stereocenters. The van der Waals surface area contributed by atoms with Gasteiger partial charge in [0.25, 0.3) is 0 Å². The number of hydrogen-bond acceptors (Lipinski definition) is 3. The third-order valence-electron chi connectivity index (χ3n) is 2.10. The fraction of sp³-hybridized carbons (Fsp3) is 0.385. The van der Waals surface area contributed by atoms with Crippen LogP contribution >= 0.6 is 0 Å². The minimum atomic E-state index is -0.802. The normalized spacial score (nSPS) is 10.9. The van der Waals surface area contributed by atoms with Crippen LogP contribution in [0.15, 0.2) is 18.2 Å². The monoisotopic (exact) mass is 250 g/mol. The van der Waals surface area contributed by atoms with Gasteiger partial charge in [-0.25, -0.2) is 0 Å². The Morgan fingerprint density at radius 2 is 1.78 bits per heavy atom. The second-order valence-corrected chi connectivity index (χ2v) is 5.18. The van der Waals surface area contributed by atoms with Crippen LogP contribution in [0.1, 0.15) is 26.3 Å². The highest BCUT2D eigenvalue weighted by atomic mass is 16.3. The number of hydrogen-bond donors (Lipinski definition) is 3. The number of anilines is 1. The number of aryl methyl sites for hydroxylation is 1. The maximum Gasteiger partial charge on any atom is 0.313 e. The van der Waals surface area contributed by atoms with Crippen LogP contribution in [0.5, 0.6) is 5.75 Å². The van der Waals surface area contributed by atoms with E-state index in [0.717, 1.165) is 5.56 Å². The van der Waals surface area contributed by atoms with Crippen molar-refractivity contribution in [2.24, 2.45) is 0 Å². The fourth-order valence-electron chi connectivity index (χ4n) is 1.32. The average Bonchev–Trinajstić information content (AvgIpc) is 2.19. The molecule has 1 aromatic carbocycles. The van der Waals surface area contributed by atoms with Gasteiger partial charge in [0.2, 0.25) is 0 Å². The van der Waals surface area contributed by atoms with Crippen LogP contribution in [-0.2, 0) is 9.59 Å². The Morgan fingerprint density at radius 3 is 2.28 bits per heavy atom. The molecule has 5 heteroatoms. The van der Waals surface area contributed by atoms with Gasteiger partial charge in [0, 0.05) is 5.54 Å². The van der Waals surface area contributed by atoms with Crippen molar-refractivity contribution in [3.8, 4) is 5.75 Å². The number of aromatic hydroxyl groups is 1. The summed E-state index contributed by atoms with van der Waals surface area (Å²) in [5.74, 6) is -1.60. The number of carbonyl (C=O) groups is 2. The molecule has 1 rings (SSSR count). The molecule has 0 saturated carbocycles. The molecule has 0 heterocycles. The van der Waals surface area contributed by atoms with Crippen LogP contribution in [0, 0.1) is 6.92 Å². The summed E-state index contributed by atoms with van der Waals surface area (Å²) in [6.45, 7) is 7.15. The zero-order valence-corrected chi connectivity index (χ0v) is 11.0. The van der Waals surface area contributed by atoms with Gasteiger partial charge in [-0.2, -0.15) is 0 Å². The Balaban J connectivity index is 2.73. The molecule has 0 radical (unpaired) electrons. The Hall–Kier alpha value is -2.04. The van der Waals surface area contributed by atoms with E-state index in [1.54, 1.807) is 32.9 Å². The van der Waals surface area contributed by atoms with Crippen LogP contribution < -0.4 is 10.6 Å². The SMILES string of the molecule is Cc1ccc(NC(=O)C(=O)NC(C)(C)C)c(O)c1. The summed E-state index contributed by atoms with van der Waals surface area (Å²) in [4.78, 5) is 23.1. The quantitative estimate of drug-likeness (QED) is 0.522. The van der Waals surface area contributed by atoms with Gasteiger partial charge in [-0.3, -0.25) is 9.59 Å². The molecule has 3 N–H and O–H groups in total. The van der Waals surface area contributed by atoms with Crippen molar-refractivity contribution in [2.45, 2.75) is 33.2 Å². The summed E-state index contributed by atoms with van der Waals surface area (Å²) in [7, 11) is 0. The number of carbonyl (C=O) groups excluding carboxylic acids is 2. The first-order valence-electron chi connectivity index (χ1n) is 5.62. The first-order valence-corrected chi connectivity index (χ1v) is 5.62. The van der Waals surface area contributed by atoms with E-state index in [2.05, 4.69) is 10.6 Å². The molecule has 0 spiro atoms. The van der Waals surface area contributed by atoms with E-state index in [0.29, 0.717) is 0 Å². The van der Waals surface area contributed by atoms with E-state index >= 15 is 0 Å². The van der Waals surface area contributed by atoms with Crippen molar-refractivity contribution < 1.29 is 14.7 Å². The first kappa shape index (κ1) is 14.0. The predicted molar refractivity (Wildman–Crippen MR) is 69.4 cm³/mol. The van der Waals surface area contributed by atoms with E-state index in [9.17, 15) is 14.7 Å². The van der Waals surface area contributed by atoms with Gasteiger partial charge >= 0.3 is 11.8 Å². The van der Waals surface area contributed by atoms with E-state index in [1.807, 2.05) is 6.92 Å². The smallest absolute Gasteiger partial charge is 0.313 e. The number of phenolic OH excluding ortho intramolecular Hbond substituents is 1. The van der Waals surface area contributed by atoms with Gasteiger partial charge in [0.1, 0.15) is 5.75 Å². The summed E-state index contributed by atoms with van der Waals surface area (Å²) in [5, 5.41) is 14.5. The van der Waals surface area contributed by atoms with Crippen LogP contribution in [-0.4, -0.2) is 22.5 Å². The van der Waals surface area contributed by atoms with Crippen LogP contribution in [0.3, 0.4) is 0 Å². The van der Waals surface area contributed by atoms with Crippen molar-refractivity contribution >= 4 is 17.5 Å². The number of rotatable bonds is 1. The molecular weight excluding hydrogens is 232 g/mol. The van der Waals surface area contributed by atoms with E-state index in [1.165, 1.54) is 6.07 Å². The lowest BCUT2D eigenvalue weighted by atomic mass is 10.1. The Kier molecular flexibility index (Phi) is 3.96. The van der Waals surface area contributed by atoms with Crippen LogP contribution in [0.25, 0.3) is 0 Å². The van der Waals surface area contributed by atoms with Gasteiger partial charge in [-0.1, -0.05) is 6.07 Å². The lowest BCUT2D eigenvalue weighted by molar-refractivity contribution is -0.137. The first-order chi connectivity index (χ1) is 8.19. The molecule has 98 valence electrons. The molecular formula is C13H18N2O3. The lowest BCUT2D eigenvalue weighted by Crippen LogP contribution is -2.46. The van der Waals surface area contributed by atoms with Gasteiger partial charge in [0.15, 0.2) is 0 Å². The summed E-state index contributed by atoms with van der Waals surface area (Å²) in [5.41, 5.74) is 0.600. The van der Waals surface area contributed by atoms with Gasteiger partial charge in [-0.05, 0) is 45.4 Å². The molecule has 0 aliphatic carbocycles. The third kappa shape index (κ3) is 4.08. The van der Waals surface area contributed by atoms with Crippen LogP contribution in [0.2, 0.25) is 0 Å².